The number of fused-ring (bicyclic) bond motifs is 1. The van der Waals surface area contributed by atoms with Crippen LogP contribution < -0.4 is 10.1 Å². The monoisotopic (exact) mass is 401 g/mol. The summed E-state index contributed by atoms with van der Waals surface area (Å²) in [5.41, 5.74) is 2.17. The molecule has 3 aromatic rings. The molecule has 1 N–H and O–H groups in total. The number of carbonyl (C=O) groups excluding carboxylic acids is 2. The number of amides is 1. The van der Waals surface area contributed by atoms with E-state index in [1.54, 1.807) is 19.1 Å². The summed E-state index contributed by atoms with van der Waals surface area (Å²) in [5.74, 6) is -0.0463. The van der Waals surface area contributed by atoms with E-state index in [1.807, 2.05) is 66.7 Å². The van der Waals surface area contributed by atoms with Gasteiger partial charge in [0.1, 0.15) is 12.4 Å². The lowest BCUT2D eigenvalue weighted by Gasteiger charge is -2.33. The highest BCUT2D eigenvalue weighted by molar-refractivity contribution is 5.97. The van der Waals surface area contributed by atoms with Crippen LogP contribution in [0.1, 0.15) is 22.8 Å². The number of para-hydroxylation sites is 1. The third kappa shape index (κ3) is 4.06. The Labute approximate surface area is 175 Å². The van der Waals surface area contributed by atoms with Crippen molar-refractivity contribution < 1.29 is 19.1 Å². The molecule has 1 heterocycles. The van der Waals surface area contributed by atoms with E-state index >= 15 is 0 Å². The highest BCUT2D eigenvalue weighted by Gasteiger charge is 2.42. The van der Waals surface area contributed by atoms with E-state index in [9.17, 15) is 9.59 Å². The van der Waals surface area contributed by atoms with Crippen LogP contribution in [0.2, 0.25) is 0 Å². The fourth-order valence-corrected chi connectivity index (χ4v) is 3.62. The van der Waals surface area contributed by atoms with Crippen LogP contribution in [0.15, 0.2) is 78.9 Å². The molecular formula is C25H23NO4. The first-order chi connectivity index (χ1) is 14.6. The second-order valence-electron chi connectivity index (χ2n) is 7.42. The molecule has 30 heavy (non-hydrogen) atoms. The molecule has 152 valence electrons. The number of hydrogen-bond donors (Lipinski definition) is 1. The van der Waals surface area contributed by atoms with Crippen LogP contribution in [0, 0.1) is 0 Å². The maximum atomic E-state index is 12.7. The van der Waals surface area contributed by atoms with Gasteiger partial charge in [-0.3, -0.25) is 4.79 Å². The number of rotatable bonds is 6. The Balaban J connectivity index is 1.36. The second kappa shape index (κ2) is 8.41. The minimum absolute atomic E-state index is 0.302. The molecule has 0 fully saturated rings. The van der Waals surface area contributed by atoms with Crippen molar-refractivity contribution in [3.05, 3.63) is 90.0 Å². The summed E-state index contributed by atoms with van der Waals surface area (Å²) < 4.78 is 11.4. The molecule has 0 radical (unpaired) electrons. The average Bonchev–Trinajstić information content (AvgIpc) is 2.77. The predicted molar refractivity (Wildman–Crippen MR) is 114 cm³/mol. The third-order valence-corrected chi connectivity index (χ3v) is 5.18. The van der Waals surface area contributed by atoms with Crippen molar-refractivity contribution in [3.8, 4) is 16.9 Å². The van der Waals surface area contributed by atoms with Crippen molar-refractivity contribution in [3.63, 3.8) is 0 Å². The van der Waals surface area contributed by atoms with Gasteiger partial charge in [0.25, 0.3) is 5.91 Å². The van der Waals surface area contributed by atoms with Crippen molar-refractivity contribution in [2.24, 2.45) is 0 Å². The quantitative estimate of drug-likeness (QED) is 0.501. The van der Waals surface area contributed by atoms with Gasteiger partial charge in [-0.2, -0.15) is 0 Å². The SMILES string of the molecule is CC1(C(=O)NCCOc2ccccc2-c2ccccc2)Cc2ccccc2C(=O)O1. The van der Waals surface area contributed by atoms with Gasteiger partial charge in [-0.05, 0) is 30.2 Å². The van der Waals surface area contributed by atoms with Crippen LogP contribution >= 0.6 is 0 Å². The van der Waals surface area contributed by atoms with Crippen LogP contribution in [-0.2, 0) is 16.0 Å². The third-order valence-electron chi connectivity index (χ3n) is 5.18. The van der Waals surface area contributed by atoms with Gasteiger partial charge in [0.2, 0.25) is 0 Å². The summed E-state index contributed by atoms with van der Waals surface area (Å²) in [4.78, 5) is 25.0. The highest BCUT2D eigenvalue weighted by atomic mass is 16.6. The predicted octanol–water partition coefficient (Wildman–Crippen LogP) is 4.02. The Bertz CT molecular complexity index is 1060. The van der Waals surface area contributed by atoms with E-state index < -0.39 is 11.6 Å². The van der Waals surface area contributed by atoms with E-state index in [-0.39, 0.29) is 5.91 Å². The fourth-order valence-electron chi connectivity index (χ4n) is 3.62. The first-order valence-corrected chi connectivity index (χ1v) is 9.94. The molecule has 5 heteroatoms. The van der Waals surface area contributed by atoms with E-state index in [0.717, 1.165) is 22.4 Å². The molecule has 1 amide bonds. The number of benzene rings is 3. The van der Waals surface area contributed by atoms with Gasteiger partial charge in [-0.15, -0.1) is 0 Å². The number of hydrogen-bond acceptors (Lipinski definition) is 4. The molecule has 1 unspecified atom stereocenters. The number of ether oxygens (including phenoxy) is 2. The Hall–Kier alpha value is -3.60. The summed E-state index contributed by atoms with van der Waals surface area (Å²) in [7, 11) is 0. The lowest BCUT2D eigenvalue weighted by atomic mass is 9.89. The average molecular weight is 401 g/mol. The van der Waals surface area contributed by atoms with Gasteiger partial charge in [-0.1, -0.05) is 66.7 Å². The van der Waals surface area contributed by atoms with Gasteiger partial charge in [0, 0.05) is 12.0 Å². The lowest BCUT2D eigenvalue weighted by molar-refractivity contribution is -0.139. The maximum absolute atomic E-state index is 12.7. The van der Waals surface area contributed by atoms with E-state index in [4.69, 9.17) is 9.47 Å². The molecule has 4 rings (SSSR count). The number of cyclic esters (lactones) is 1. The molecule has 0 aliphatic carbocycles. The largest absolute Gasteiger partial charge is 0.491 e. The Kier molecular flexibility index (Phi) is 5.53. The van der Waals surface area contributed by atoms with Crippen LogP contribution in [-0.4, -0.2) is 30.6 Å². The molecule has 0 saturated carbocycles. The van der Waals surface area contributed by atoms with Gasteiger partial charge >= 0.3 is 5.97 Å². The van der Waals surface area contributed by atoms with E-state index in [1.165, 1.54) is 0 Å². The first-order valence-electron chi connectivity index (χ1n) is 9.94. The van der Waals surface area contributed by atoms with Gasteiger partial charge in [-0.25, -0.2) is 4.79 Å². The van der Waals surface area contributed by atoms with Crippen molar-refractivity contribution in [2.45, 2.75) is 18.9 Å². The fraction of sp³-hybridized carbons (Fsp3) is 0.200. The van der Waals surface area contributed by atoms with Crippen molar-refractivity contribution >= 4 is 11.9 Å². The second-order valence-corrected chi connectivity index (χ2v) is 7.42. The molecule has 3 aromatic carbocycles. The van der Waals surface area contributed by atoms with Crippen LogP contribution in [0.5, 0.6) is 5.75 Å². The summed E-state index contributed by atoms with van der Waals surface area (Å²) >= 11 is 0. The summed E-state index contributed by atoms with van der Waals surface area (Å²) in [6.07, 6.45) is 0.346. The number of carbonyl (C=O) groups is 2. The minimum Gasteiger partial charge on any atom is -0.491 e. The zero-order chi connectivity index (χ0) is 21.0. The summed E-state index contributed by atoms with van der Waals surface area (Å²) in [6, 6.07) is 25.0. The van der Waals surface area contributed by atoms with Crippen LogP contribution in [0.3, 0.4) is 0 Å². The van der Waals surface area contributed by atoms with Crippen LogP contribution in [0.4, 0.5) is 0 Å². The number of esters is 1. The molecule has 5 nitrogen and oxygen atoms in total. The molecule has 0 bridgehead atoms. The molecule has 1 aliphatic rings. The normalized spacial score (nSPS) is 17.6. The van der Waals surface area contributed by atoms with E-state index in [2.05, 4.69) is 5.32 Å². The maximum Gasteiger partial charge on any atom is 0.339 e. The van der Waals surface area contributed by atoms with Crippen molar-refractivity contribution in [1.29, 1.82) is 0 Å². The van der Waals surface area contributed by atoms with Crippen molar-refractivity contribution in [2.75, 3.05) is 13.2 Å². The summed E-state index contributed by atoms with van der Waals surface area (Å²) in [6.45, 7) is 2.24. The Morgan fingerprint density at radius 2 is 1.63 bits per heavy atom. The molecule has 1 atom stereocenters. The zero-order valence-electron chi connectivity index (χ0n) is 16.8. The molecular weight excluding hydrogens is 378 g/mol. The van der Waals surface area contributed by atoms with Crippen molar-refractivity contribution in [1.82, 2.24) is 5.32 Å². The Morgan fingerprint density at radius 3 is 2.43 bits per heavy atom. The zero-order valence-corrected chi connectivity index (χ0v) is 16.8. The molecule has 0 saturated heterocycles. The van der Waals surface area contributed by atoms with Gasteiger partial charge in [0.15, 0.2) is 5.60 Å². The van der Waals surface area contributed by atoms with Gasteiger partial charge < -0.3 is 14.8 Å². The number of nitrogens with one attached hydrogen (secondary N) is 1. The first kappa shape index (κ1) is 19.7. The minimum atomic E-state index is -1.23. The van der Waals surface area contributed by atoms with Crippen LogP contribution in [0.25, 0.3) is 11.1 Å². The lowest BCUT2D eigenvalue weighted by Crippen LogP contribution is -2.52. The summed E-state index contributed by atoms with van der Waals surface area (Å²) in [5, 5.41) is 2.83. The van der Waals surface area contributed by atoms with Gasteiger partial charge in [0.05, 0.1) is 12.1 Å². The standard InChI is InChI=1S/C25H23NO4/c1-25(17-19-11-5-6-13-21(19)23(27)30-25)24(28)26-15-16-29-22-14-8-7-12-20(22)18-9-3-2-4-10-18/h2-14H,15-17H2,1H3,(H,26,28). The molecule has 0 spiro atoms. The molecule has 1 aliphatic heterocycles. The molecule has 0 aromatic heterocycles. The Morgan fingerprint density at radius 1 is 0.967 bits per heavy atom. The smallest absolute Gasteiger partial charge is 0.339 e. The highest BCUT2D eigenvalue weighted by Crippen LogP contribution is 2.30. The topological polar surface area (TPSA) is 64.6 Å². The van der Waals surface area contributed by atoms with E-state index in [0.29, 0.717) is 25.1 Å².